The summed E-state index contributed by atoms with van der Waals surface area (Å²) < 4.78 is 0. The topological polar surface area (TPSA) is 116 Å². The molecule has 9 nitrogen and oxygen atoms in total. The van der Waals surface area contributed by atoms with E-state index < -0.39 is 29.7 Å². The van der Waals surface area contributed by atoms with Gasteiger partial charge in [0.2, 0.25) is 11.8 Å². The third kappa shape index (κ3) is 3.16. The lowest BCUT2D eigenvalue weighted by atomic mass is 10.0. The van der Waals surface area contributed by atoms with E-state index in [2.05, 4.69) is 24.5 Å². The van der Waals surface area contributed by atoms with Gasteiger partial charge in [0.25, 0.3) is 11.8 Å². The second kappa shape index (κ2) is 6.98. The van der Waals surface area contributed by atoms with Crippen molar-refractivity contribution in [2.45, 2.75) is 45.2 Å². The highest BCUT2D eigenvalue weighted by Gasteiger charge is 2.46. The van der Waals surface area contributed by atoms with E-state index in [1.54, 1.807) is 11.0 Å². The summed E-state index contributed by atoms with van der Waals surface area (Å²) in [5, 5.41) is 4.91. The normalized spacial score (nSPS) is 23.8. The summed E-state index contributed by atoms with van der Waals surface area (Å²) in [7, 11) is 0. The zero-order chi connectivity index (χ0) is 20.9. The Kier molecular flexibility index (Phi) is 4.60. The monoisotopic (exact) mass is 398 g/mol. The maximum absolute atomic E-state index is 12.8. The van der Waals surface area contributed by atoms with E-state index in [0.29, 0.717) is 18.2 Å². The zero-order valence-corrected chi connectivity index (χ0v) is 16.2. The average molecular weight is 398 g/mol. The number of likely N-dealkylation sites (tertiary alicyclic amines) is 1. The third-order valence-electron chi connectivity index (χ3n) is 5.75. The van der Waals surface area contributed by atoms with Gasteiger partial charge in [0.1, 0.15) is 6.04 Å². The molecular formula is C20H22N4O5. The third-order valence-corrected chi connectivity index (χ3v) is 5.75. The predicted molar refractivity (Wildman–Crippen MR) is 102 cm³/mol. The lowest BCUT2D eigenvalue weighted by Gasteiger charge is -2.27. The number of amides is 6. The number of hydrogen-bond acceptors (Lipinski definition) is 5. The van der Waals surface area contributed by atoms with Crippen LogP contribution in [0.4, 0.5) is 10.5 Å². The predicted octanol–water partition coefficient (Wildman–Crippen LogP) is 1.35. The van der Waals surface area contributed by atoms with Gasteiger partial charge >= 0.3 is 6.03 Å². The van der Waals surface area contributed by atoms with Crippen LogP contribution < -0.4 is 10.6 Å². The minimum atomic E-state index is -1.13. The molecule has 2 saturated heterocycles. The summed E-state index contributed by atoms with van der Waals surface area (Å²) >= 11 is 0. The van der Waals surface area contributed by atoms with E-state index >= 15 is 0 Å². The maximum Gasteiger partial charge on any atom is 0.322 e. The Hall–Kier alpha value is -3.23. The van der Waals surface area contributed by atoms with Crippen molar-refractivity contribution in [2.24, 2.45) is 5.92 Å². The van der Waals surface area contributed by atoms with Crippen molar-refractivity contribution in [3.8, 4) is 0 Å². The van der Waals surface area contributed by atoms with E-state index in [9.17, 15) is 24.0 Å². The second-order valence-corrected chi connectivity index (χ2v) is 7.95. The first-order valence-corrected chi connectivity index (χ1v) is 9.71. The van der Waals surface area contributed by atoms with Crippen LogP contribution in [0.3, 0.4) is 0 Å². The Bertz CT molecular complexity index is 941. The van der Waals surface area contributed by atoms with Crippen LogP contribution in [0, 0.1) is 5.92 Å². The van der Waals surface area contributed by atoms with Crippen LogP contribution in [-0.2, 0) is 9.59 Å². The number of nitrogens with zero attached hydrogens (tertiary/aromatic N) is 2. The Morgan fingerprint density at radius 1 is 1.14 bits per heavy atom. The molecule has 0 saturated carbocycles. The van der Waals surface area contributed by atoms with E-state index in [4.69, 9.17) is 0 Å². The van der Waals surface area contributed by atoms with Gasteiger partial charge in [0.15, 0.2) is 0 Å². The molecular weight excluding hydrogens is 376 g/mol. The second-order valence-electron chi connectivity index (χ2n) is 7.95. The van der Waals surface area contributed by atoms with Crippen molar-refractivity contribution < 1.29 is 24.0 Å². The largest absolute Gasteiger partial charge is 0.322 e. The molecule has 0 aromatic heterocycles. The fourth-order valence-corrected chi connectivity index (χ4v) is 4.30. The van der Waals surface area contributed by atoms with Gasteiger partial charge in [-0.05, 0) is 37.0 Å². The summed E-state index contributed by atoms with van der Waals surface area (Å²) in [4.78, 5) is 64.1. The SMILES string of the molecule is CC(C)C1CCCN1C(=O)Nc1ccc2c(c1)C(=O)N(C1CC(=O)NC1=O)C2=O. The van der Waals surface area contributed by atoms with Crippen LogP contribution in [0.25, 0.3) is 0 Å². The number of nitrogens with one attached hydrogen (secondary N) is 2. The fourth-order valence-electron chi connectivity index (χ4n) is 4.30. The lowest BCUT2D eigenvalue weighted by Crippen LogP contribution is -2.44. The molecule has 4 rings (SSSR count). The highest BCUT2D eigenvalue weighted by molar-refractivity contribution is 6.24. The molecule has 2 atom stereocenters. The molecule has 2 unspecified atom stereocenters. The summed E-state index contributed by atoms with van der Waals surface area (Å²) in [5.74, 6) is -2.09. The number of hydrogen-bond donors (Lipinski definition) is 2. The molecule has 0 spiro atoms. The lowest BCUT2D eigenvalue weighted by molar-refractivity contribution is -0.125. The van der Waals surface area contributed by atoms with Crippen molar-refractivity contribution in [2.75, 3.05) is 11.9 Å². The van der Waals surface area contributed by atoms with Crippen LogP contribution >= 0.6 is 0 Å². The molecule has 2 fully saturated rings. The first-order chi connectivity index (χ1) is 13.8. The van der Waals surface area contributed by atoms with Crippen LogP contribution in [0.5, 0.6) is 0 Å². The van der Waals surface area contributed by atoms with Gasteiger partial charge in [0, 0.05) is 18.3 Å². The number of urea groups is 1. The number of anilines is 1. The quantitative estimate of drug-likeness (QED) is 0.746. The minimum absolute atomic E-state index is 0.113. The molecule has 9 heteroatoms. The highest BCUT2D eigenvalue weighted by atomic mass is 16.2. The van der Waals surface area contributed by atoms with E-state index in [1.807, 2.05) is 0 Å². The zero-order valence-electron chi connectivity index (χ0n) is 16.2. The van der Waals surface area contributed by atoms with Crippen molar-refractivity contribution in [1.82, 2.24) is 15.1 Å². The molecule has 29 heavy (non-hydrogen) atoms. The number of fused-ring (bicyclic) bond motifs is 1. The molecule has 6 amide bonds. The summed E-state index contributed by atoms with van der Waals surface area (Å²) in [6.07, 6.45) is 1.67. The first-order valence-electron chi connectivity index (χ1n) is 9.71. The molecule has 0 aliphatic carbocycles. The minimum Gasteiger partial charge on any atom is -0.321 e. The molecule has 0 bridgehead atoms. The Morgan fingerprint density at radius 2 is 1.86 bits per heavy atom. The summed E-state index contributed by atoms with van der Waals surface area (Å²) in [5.41, 5.74) is 0.668. The highest BCUT2D eigenvalue weighted by Crippen LogP contribution is 2.30. The van der Waals surface area contributed by atoms with Gasteiger partial charge in [-0.1, -0.05) is 13.8 Å². The van der Waals surface area contributed by atoms with Gasteiger partial charge in [-0.2, -0.15) is 0 Å². The van der Waals surface area contributed by atoms with Crippen LogP contribution in [0.2, 0.25) is 0 Å². The van der Waals surface area contributed by atoms with Crippen molar-refractivity contribution in [3.63, 3.8) is 0 Å². The van der Waals surface area contributed by atoms with Gasteiger partial charge in [0.05, 0.1) is 17.5 Å². The number of carbonyl (C=O) groups excluding carboxylic acids is 5. The smallest absolute Gasteiger partial charge is 0.321 e. The maximum atomic E-state index is 12.8. The number of rotatable bonds is 3. The standard InChI is InChI=1S/C20H22N4O5/c1-10(2)14-4-3-7-23(14)20(29)21-11-5-6-12-13(8-11)19(28)24(18(12)27)15-9-16(25)22-17(15)26/h5-6,8,10,14-15H,3-4,7,9H2,1-2H3,(H,21,29)(H,22,25,26). The van der Waals surface area contributed by atoms with Crippen molar-refractivity contribution >= 4 is 35.3 Å². The first kappa shape index (κ1) is 19.1. The molecule has 152 valence electrons. The molecule has 1 aromatic rings. The fraction of sp³-hybridized carbons (Fsp3) is 0.450. The van der Waals surface area contributed by atoms with E-state index in [-0.39, 0.29) is 29.6 Å². The summed E-state index contributed by atoms with van der Waals surface area (Å²) in [6, 6.07) is 3.26. The molecule has 3 heterocycles. The van der Waals surface area contributed by atoms with Gasteiger partial charge < -0.3 is 10.2 Å². The molecule has 2 N–H and O–H groups in total. The molecule has 0 radical (unpaired) electrons. The Labute approximate surface area is 167 Å². The van der Waals surface area contributed by atoms with E-state index in [1.165, 1.54) is 12.1 Å². The Morgan fingerprint density at radius 3 is 2.52 bits per heavy atom. The van der Waals surface area contributed by atoms with Crippen LogP contribution in [0.15, 0.2) is 18.2 Å². The summed E-state index contributed by atoms with van der Waals surface area (Å²) in [6.45, 7) is 4.83. The van der Waals surface area contributed by atoms with Crippen LogP contribution in [-0.4, -0.2) is 58.1 Å². The number of benzene rings is 1. The van der Waals surface area contributed by atoms with Crippen molar-refractivity contribution in [3.05, 3.63) is 29.3 Å². The van der Waals surface area contributed by atoms with Crippen molar-refractivity contribution in [1.29, 1.82) is 0 Å². The molecule has 1 aromatic carbocycles. The van der Waals surface area contributed by atoms with Gasteiger partial charge in [-0.25, -0.2) is 4.79 Å². The van der Waals surface area contributed by atoms with Gasteiger partial charge in [-0.3, -0.25) is 29.4 Å². The Balaban J connectivity index is 1.54. The molecule has 3 aliphatic heterocycles. The molecule has 3 aliphatic rings. The van der Waals surface area contributed by atoms with Gasteiger partial charge in [-0.15, -0.1) is 0 Å². The van der Waals surface area contributed by atoms with E-state index in [0.717, 1.165) is 17.7 Å². The number of carbonyl (C=O) groups is 5. The number of imide groups is 2. The average Bonchev–Trinajstić information content (AvgIpc) is 3.33. The van der Waals surface area contributed by atoms with Crippen LogP contribution in [0.1, 0.15) is 53.8 Å².